The average molecular weight is 406 g/mol. The van der Waals surface area contributed by atoms with Crippen LogP contribution in [0.25, 0.3) is 33.1 Å². The van der Waals surface area contributed by atoms with E-state index in [9.17, 15) is 9.59 Å². The van der Waals surface area contributed by atoms with Gasteiger partial charge in [-0.15, -0.1) is 11.3 Å². The van der Waals surface area contributed by atoms with E-state index in [0.717, 1.165) is 40.6 Å². The highest BCUT2D eigenvalue weighted by Crippen LogP contribution is 2.36. The van der Waals surface area contributed by atoms with Crippen LogP contribution >= 0.6 is 11.3 Å². The molecule has 0 radical (unpaired) electrons. The lowest BCUT2D eigenvalue weighted by atomic mass is 9.89. The molecule has 146 valence electrons. The predicted octanol–water partition coefficient (Wildman–Crippen LogP) is 4.73. The van der Waals surface area contributed by atoms with Crippen molar-refractivity contribution in [3.63, 3.8) is 0 Å². The number of fused-ring (bicyclic) bond motifs is 3. The number of nitrogens with one attached hydrogen (secondary N) is 1. The lowest BCUT2D eigenvalue weighted by Crippen LogP contribution is -2.13. The van der Waals surface area contributed by atoms with Gasteiger partial charge in [0.1, 0.15) is 10.6 Å². The average Bonchev–Trinajstić information content (AvgIpc) is 3.32. The summed E-state index contributed by atoms with van der Waals surface area (Å²) in [4.78, 5) is 33.4. The van der Waals surface area contributed by atoms with Crippen molar-refractivity contribution in [3.8, 4) is 22.9 Å². The summed E-state index contributed by atoms with van der Waals surface area (Å²) in [6.45, 7) is 2.24. The van der Waals surface area contributed by atoms with Crippen LogP contribution in [0, 0.1) is 5.92 Å². The number of rotatable bonds is 3. The number of nitrogens with zero attached hydrogens (tertiary/aromatic N) is 1. The molecular formula is C22H18N2O4S. The second-order valence-corrected chi connectivity index (χ2v) is 8.58. The van der Waals surface area contributed by atoms with Crippen LogP contribution in [0.5, 0.6) is 0 Å². The molecule has 3 aromatic heterocycles. The van der Waals surface area contributed by atoms with Gasteiger partial charge in [-0.05, 0) is 55.0 Å². The first-order chi connectivity index (χ1) is 14.0. The maximum Gasteiger partial charge on any atom is 0.335 e. The third-order valence-electron chi connectivity index (χ3n) is 5.42. The number of aryl methyl sites for hydroxylation is 1. The molecule has 1 aliphatic carbocycles. The monoisotopic (exact) mass is 406 g/mol. The zero-order valence-corrected chi connectivity index (χ0v) is 16.5. The van der Waals surface area contributed by atoms with Gasteiger partial charge in [0.05, 0.1) is 10.9 Å². The van der Waals surface area contributed by atoms with Crippen LogP contribution in [0.1, 0.15) is 34.1 Å². The quantitative estimate of drug-likeness (QED) is 0.512. The Morgan fingerprint density at radius 3 is 2.72 bits per heavy atom. The number of thiophene rings is 1. The smallest absolute Gasteiger partial charge is 0.335 e. The fourth-order valence-corrected chi connectivity index (χ4v) is 5.25. The van der Waals surface area contributed by atoms with E-state index in [1.807, 2.05) is 0 Å². The van der Waals surface area contributed by atoms with Crippen molar-refractivity contribution in [3.05, 3.63) is 62.8 Å². The molecule has 6 nitrogen and oxygen atoms in total. The van der Waals surface area contributed by atoms with Gasteiger partial charge in [-0.3, -0.25) is 4.79 Å². The minimum absolute atomic E-state index is 0.124. The van der Waals surface area contributed by atoms with E-state index in [1.165, 1.54) is 17.0 Å². The van der Waals surface area contributed by atoms with E-state index in [1.54, 1.807) is 35.6 Å². The lowest BCUT2D eigenvalue weighted by molar-refractivity contribution is 0.0697. The molecule has 0 saturated heterocycles. The molecule has 3 heterocycles. The number of aromatic nitrogens is 2. The molecule has 1 aliphatic rings. The summed E-state index contributed by atoms with van der Waals surface area (Å²) in [5, 5.41) is 9.74. The predicted molar refractivity (Wildman–Crippen MR) is 112 cm³/mol. The summed E-state index contributed by atoms with van der Waals surface area (Å²) in [6, 6.07) is 10.0. The van der Waals surface area contributed by atoms with E-state index in [-0.39, 0.29) is 11.1 Å². The molecule has 0 spiro atoms. The third-order valence-corrected chi connectivity index (χ3v) is 6.57. The number of aromatic amines is 1. The van der Waals surface area contributed by atoms with Gasteiger partial charge >= 0.3 is 5.97 Å². The lowest BCUT2D eigenvalue weighted by Gasteiger charge is -2.17. The van der Waals surface area contributed by atoms with Crippen LogP contribution in [0.15, 0.2) is 45.6 Å². The third kappa shape index (κ3) is 3.07. The van der Waals surface area contributed by atoms with E-state index in [0.29, 0.717) is 23.3 Å². The van der Waals surface area contributed by atoms with Gasteiger partial charge in [0.15, 0.2) is 11.6 Å². The van der Waals surface area contributed by atoms with E-state index in [2.05, 4.69) is 16.9 Å². The SMILES string of the molecule is C[C@@H]1CCc2c(sc3nc(-c4ccc(-c5ccc(C(=O)O)cc5)o4)[nH]c(=O)c23)C1. The Kier molecular flexibility index (Phi) is 4.13. The largest absolute Gasteiger partial charge is 0.478 e. The summed E-state index contributed by atoms with van der Waals surface area (Å²) in [5.74, 6) is 1.12. The van der Waals surface area contributed by atoms with Crippen LogP contribution in [0.3, 0.4) is 0 Å². The van der Waals surface area contributed by atoms with E-state index in [4.69, 9.17) is 9.52 Å². The molecule has 5 rings (SSSR count). The van der Waals surface area contributed by atoms with Gasteiger partial charge in [0.25, 0.3) is 5.56 Å². The fourth-order valence-electron chi connectivity index (χ4n) is 3.86. The van der Waals surface area contributed by atoms with Crippen molar-refractivity contribution < 1.29 is 14.3 Å². The van der Waals surface area contributed by atoms with Crippen LogP contribution in [0.2, 0.25) is 0 Å². The van der Waals surface area contributed by atoms with Crippen LogP contribution in [0.4, 0.5) is 0 Å². The summed E-state index contributed by atoms with van der Waals surface area (Å²) >= 11 is 1.61. The summed E-state index contributed by atoms with van der Waals surface area (Å²) in [5.41, 5.74) is 2.00. The van der Waals surface area contributed by atoms with E-state index >= 15 is 0 Å². The number of hydrogen-bond acceptors (Lipinski definition) is 5. The summed E-state index contributed by atoms with van der Waals surface area (Å²) in [7, 11) is 0. The maximum absolute atomic E-state index is 12.8. The number of carbonyl (C=O) groups is 1. The molecule has 0 aliphatic heterocycles. The van der Waals surface area contributed by atoms with E-state index < -0.39 is 5.97 Å². The summed E-state index contributed by atoms with van der Waals surface area (Å²) < 4.78 is 5.90. The van der Waals surface area contributed by atoms with Crippen LogP contribution in [-0.4, -0.2) is 21.0 Å². The minimum atomic E-state index is -0.972. The Balaban J connectivity index is 1.53. The molecule has 0 fully saturated rings. The molecule has 29 heavy (non-hydrogen) atoms. The molecule has 1 atom stereocenters. The van der Waals surface area contributed by atoms with Crippen molar-refractivity contribution >= 4 is 27.5 Å². The van der Waals surface area contributed by atoms with Crippen LogP contribution < -0.4 is 5.56 Å². The molecule has 0 unspecified atom stereocenters. The number of furan rings is 1. The van der Waals surface area contributed by atoms with Gasteiger partial charge < -0.3 is 14.5 Å². The first kappa shape index (κ1) is 17.9. The number of benzene rings is 1. The highest BCUT2D eigenvalue weighted by atomic mass is 32.1. The molecule has 7 heteroatoms. The number of carboxylic acid groups (broad SMARTS) is 1. The Morgan fingerprint density at radius 2 is 1.97 bits per heavy atom. The zero-order valence-electron chi connectivity index (χ0n) is 15.7. The highest BCUT2D eigenvalue weighted by Gasteiger charge is 2.23. The maximum atomic E-state index is 12.8. The van der Waals surface area contributed by atoms with Gasteiger partial charge in [0, 0.05) is 10.4 Å². The molecule has 4 aromatic rings. The number of carboxylic acids is 1. The van der Waals surface area contributed by atoms with Gasteiger partial charge in [-0.25, -0.2) is 9.78 Å². The van der Waals surface area contributed by atoms with Crippen molar-refractivity contribution in [1.29, 1.82) is 0 Å². The molecule has 0 amide bonds. The van der Waals surface area contributed by atoms with Crippen molar-refractivity contribution in [1.82, 2.24) is 9.97 Å². The Bertz CT molecular complexity index is 1300. The molecule has 2 N–H and O–H groups in total. The number of H-pyrrole nitrogens is 1. The van der Waals surface area contributed by atoms with Crippen LogP contribution in [-0.2, 0) is 12.8 Å². The molecule has 0 saturated carbocycles. The van der Waals surface area contributed by atoms with Crippen molar-refractivity contribution in [2.75, 3.05) is 0 Å². The van der Waals surface area contributed by atoms with Gasteiger partial charge in [0.2, 0.25) is 0 Å². The van der Waals surface area contributed by atoms with Gasteiger partial charge in [-0.1, -0.05) is 19.1 Å². The second-order valence-electron chi connectivity index (χ2n) is 7.49. The number of hydrogen-bond donors (Lipinski definition) is 2. The Labute approximate surface area is 169 Å². The fraction of sp³-hybridized carbons (Fsp3) is 0.227. The standard InChI is InChI=1S/C22H18N2O4S/c1-11-2-7-14-17(10-11)29-21-18(14)20(25)23-19(24-21)16-9-8-15(28-16)12-3-5-13(6-4-12)22(26)27/h3-6,8-9,11H,2,7,10H2,1H3,(H,26,27)(H,23,24,25)/t11-/m1/s1. The molecular weight excluding hydrogens is 388 g/mol. The summed E-state index contributed by atoms with van der Waals surface area (Å²) in [6.07, 6.45) is 3.03. The van der Waals surface area contributed by atoms with Crippen molar-refractivity contribution in [2.24, 2.45) is 5.92 Å². The first-order valence-corrected chi connectivity index (χ1v) is 10.3. The minimum Gasteiger partial charge on any atom is -0.478 e. The zero-order chi connectivity index (χ0) is 20.1. The first-order valence-electron chi connectivity index (χ1n) is 9.48. The Hall–Kier alpha value is -3.19. The van der Waals surface area contributed by atoms with Crippen molar-refractivity contribution in [2.45, 2.75) is 26.2 Å². The Morgan fingerprint density at radius 1 is 1.21 bits per heavy atom. The topological polar surface area (TPSA) is 96.2 Å². The van der Waals surface area contributed by atoms with Gasteiger partial charge in [-0.2, -0.15) is 0 Å². The molecule has 0 bridgehead atoms. The highest BCUT2D eigenvalue weighted by molar-refractivity contribution is 7.18. The molecule has 1 aromatic carbocycles. The number of aromatic carboxylic acids is 1. The second kappa shape index (κ2) is 6.70. The normalized spacial score (nSPS) is 16.1.